The molecule has 1 aliphatic heterocycles. The predicted octanol–water partition coefficient (Wildman–Crippen LogP) is 2.08. The van der Waals surface area contributed by atoms with Gasteiger partial charge in [0, 0.05) is 18.0 Å². The van der Waals surface area contributed by atoms with E-state index in [1.165, 1.54) is 32.5 Å². The van der Waals surface area contributed by atoms with Crippen molar-refractivity contribution in [1.29, 1.82) is 0 Å². The first kappa shape index (κ1) is 14.9. The molecule has 108 valence electrons. The van der Waals surface area contributed by atoms with Gasteiger partial charge in [-0.25, -0.2) is 4.98 Å². The predicted molar refractivity (Wildman–Crippen MR) is 81.3 cm³/mol. The van der Waals surface area contributed by atoms with Crippen molar-refractivity contribution >= 4 is 11.3 Å². The van der Waals surface area contributed by atoms with E-state index in [1.807, 2.05) is 6.92 Å². The third kappa shape index (κ3) is 3.99. The van der Waals surface area contributed by atoms with Crippen molar-refractivity contribution in [3.05, 3.63) is 16.1 Å². The molecule has 0 radical (unpaired) electrons. The number of hydrogen-bond donors (Lipinski definition) is 1. The fourth-order valence-electron chi connectivity index (χ4n) is 2.67. The van der Waals surface area contributed by atoms with E-state index < -0.39 is 0 Å². The maximum Gasteiger partial charge on any atom is 0.109 e. The Kier molecular flexibility index (Phi) is 5.33. The smallest absolute Gasteiger partial charge is 0.109 e. The molecular weight excluding hydrogens is 256 g/mol. The van der Waals surface area contributed by atoms with Gasteiger partial charge in [0.1, 0.15) is 5.01 Å². The molecule has 0 spiro atoms. The summed E-state index contributed by atoms with van der Waals surface area (Å²) in [6.45, 7) is 8.82. The standard InChI is InChI=1S/C14H26N4S/c1-4-18-7-5-13(6-8-18)17(3)9-12-10-19-14(16-12)11(2)15/h10-11,13H,4-9,15H2,1-3H3. The molecule has 0 aromatic carbocycles. The van der Waals surface area contributed by atoms with Crippen LogP contribution in [0.2, 0.25) is 0 Å². The molecule has 5 heteroatoms. The molecule has 1 aromatic rings. The van der Waals surface area contributed by atoms with Gasteiger partial charge in [0.25, 0.3) is 0 Å². The SMILES string of the molecule is CCN1CCC(N(C)Cc2csc(C(C)N)n2)CC1. The molecule has 1 unspecified atom stereocenters. The zero-order chi connectivity index (χ0) is 13.8. The van der Waals surface area contributed by atoms with Crippen LogP contribution in [0.15, 0.2) is 5.38 Å². The quantitative estimate of drug-likeness (QED) is 0.898. The number of piperidine rings is 1. The number of likely N-dealkylation sites (tertiary alicyclic amines) is 1. The topological polar surface area (TPSA) is 45.4 Å². The summed E-state index contributed by atoms with van der Waals surface area (Å²) in [4.78, 5) is 9.60. The molecular formula is C14H26N4S. The van der Waals surface area contributed by atoms with Gasteiger partial charge < -0.3 is 10.6 Å². The van der Waals surface area contributed by atoms with Crippen LogP contribution in [0, 0.1) is 0 Å². The van der Waals surface area contributed by atoms with Gasteiger partial charge >= 0.3 is 0 Å². The summed E-state index contributed by atoms with van der Waals surface area (Å²) >= 11 is 1.68. The Balaban J connectivity index is 1.85. The zero-order valence-corrected chi connectivity index (χ0v) is 13.1. The number of nitrogens with two attached hydrogens (primary N) is 1. The van der Waals surface area contributed by atoms with Gasteiger partial charge in [0.2, 0.25) is 0 Å². The lowest BCUT2D eigenvalue weighted by Crippen LogP contribution is -2.42. The number of hydrogen-bond acceptors (Lipinski definition) is 5. The van der Waals surface area contributed by atoms with E-state index in [4.69, 9.17) is 5.73 Å². The Morgan fingerprint density at radius 2 is 2.21 bits per heavy atom. The lowest BCUT2D eigenvalue weighted by molar-refractivity contribution is 0.126. The van der Waals surface area contributed by atoms with E-state index in [9.17, 15) is 0 Å². The van der Waals surface area contributed by atoms with E-state index in [1.54, 1.807) is 11.3 Å². The van der Waals surface area contributed by atoms with Gasteiger partial charge in [0.15, 0.2) is 0 Å². The highest BCUT2D eigenvalue weighted by Gasteiger charge is 2.22. The number of nitrogens with zero attached hydrogens (tertiary/aromatic N) is 3. The van der Waals surface area contributed by atoms with Crippen LogP contribution >= 0.6 is 11.3 Å². The summed E-state index contributed by atoms with van der Waals surface area (Å²) in [6.07, 6.45) is 2.54. The van der Waals surface area contributed by atoms with Crippen LogP contribution in [0.4, 0.5) is 0 Å². The second-order valence-corrected chi connectivity index (χ2v) is 6.44. The van der Waals surface area contributed by atoms with Crippen LogP contribution in [-0.2, 0) is 6.54 Å². The van der Waals surface area contributed by atoms with E-state index in [0.29, 0.717) is 6.04 Å². The normalized spacial score (nSPS) is 20.1. The molecule has 1 atom stereocenters. The monoisotopic (exact) mass is 282 g/mol. The van der Waals surface area contributed by atoms with Crippen molar-refractivity contribution in [3.63, 3.8) is 0 Å². The van der Waals surface area contributed by atoms with Crippen LogP contribution in [-0.4, -0.2) is 47.5 Å². The molecule has 1 aromatic heterocycles. The second-order valence-electron chi connectivity index (χ2n) is 5.55. The Morgan fingerprint density at radius 1 is 1.53 bits per heavy atom. The third-order valence-corrected chi connectivity index (χ3v) is 5.09. The zero-order valence-electron chi connectivity index (χ0n) is 12.3. The van der Waals surface area contributed by atoms with Gasteiger partial charge in [-0.3, -0.25) is 4.90 Å². The van der Waals surface area contributed by atoms with Crippen LogP contribution in [0.25, 0.3) is 0 Å². The maximum absolute atomic E-state index is 5.86. The van der Waals surface area contributed by atoms with Crippen molar-refractivity contribution in [2.75, 3.05) is 26.7 Å². The van der Waals surface area contributed by atoms with Crippen LogP contribution in [0.3, 0.4) is 0 Å². The van der Waals surface area contributed by atoms with Crippen molar-refractivity contribution in [2.24, 2.45) is 5.73 Å². The molecule has 1 aliphatic rings. The Labute approximate surface area is 120 Å². The Morgan fingerprint density at radius 3 is 2.74 bits per heavy atom. The van der Waals surface area contributed by atoms with Crippen LogP contribution in [0.1, 0.15) is 43.4 Å². The van der Waals surface area contributed by atoms with Crippen LogP contribution < -0.4 is 5.73 Å². The average Bonchev–Trinajstić information content (AvgIpc) is 2.87. The first-order valence-electron chi connectivity index (χ1n) is 7.22. The van der Waals surface area contributed by atoms with E-state index in [-0.39, 0.29) is 6.04 Å². The van der Waals surface area contributed by atoms with Crippen LogP contribution in [0.5, 0.6) is 0 Å². The fourth-order valence-corrected chi connectivity index (χ4v) is 3.43. The lowest BCUT2D eigenvalue weighted by atomic mass is 10.0. The average molecular weight is 282 g/mol. The van der Waals surface area contributed by atoms with E-state index in [0.717, 1.165) is 17.2 Å². The summed E-state index contributed by atoms with van der Waals surface area (Å²) in [6, 6.07) is 0.750. The van der Waals surface area contributed by atoms with Crippen molar-refractivity contribution in [3.8, 4) is 0 Å². The summed E-state index contributed by atoms with van der Waals surface area (Å²) in [5, 5.41) is 3.19. The minimum Gasteiger partial charge on any atom is -0.322 e. The molecule has 0 bridgehead atoms. The summed E-state index contributed by atoms with van der Waals surface area (Å²) in [5.41, 5.74) is 7.02. The minimum atomic E-state index is 0.0526. The van der Waals surface area contributed by atoms with E-state index >= 15 is 0 Å². The summed E-state index contributed by atoms with van der Waals surface area (Å²) in [7, 11) is 2.22. The molecule has 0 saturated carbocycles. The van der Waals surface area contributed by atoms with Crippen molar-refractivity contribution in [1.82, 2.24) is 14.8 Å². The highest BCUT2D eigenvalue weighted by molar-refractivity contribution is 7.09. The molecule has 2 heterocycles. The maximum atomic E-state index is 5.86. The molecule has 4 nitrogen and oxygen atoms in total. The molecule has 2 rings (SSSR count). The summed E-state index contributed by atoms with van der Waals surface area (Å²) < 4.78 is 0. The van der Waals surface area contributed by atoms with Gasteiger partial charge in [-0.05, 0) is 46.4 Å². The summed E-state index contributed by atoms with van der Waals surface area (Å²) in [5.74, 6) is 0. The minimum absolute atomic E-state index is 0.0526. The molecule has 1 fully saturated rings. The Hall–Kier alpha value is -0.490. The van der Waals surface area contributed by atoms with Crippen molar-refractivity contribution in [2.45, 2.75) is 45.3 Å². The molecule has 19 heavy (non-hydrogen) atoms. The highest BCUT2D eigenvalue weighted by Crippen LogP contribution is 2.20. The van der Waals surface area contributed by atoms with Crippen molar-refractivity contribution < 1.29 is 0 Å². The molecule has 0 aliphatic carbocycles. The first-order valence-corrected chi connectivity index (χ1v) is 8.10. The van der Waals surface area contributed by atoms with Gasteiger partial charge in [0.05, 0.1) is 11.7 Å². The largest absolute Gasteiger partial charge is 0.322 e. The fraction of sp³-hybridized carbons (Fsp3) is 0.786. The van der Waals surface area contributed by atoms with Gasteiger partial charge in [-0.15, -0.1) is 11.3 Å². The van der Waals surface area contributed by atoms with Gasteiger partial charge in [-0.1, -0.05) is 6.92 Å². The van der Waals surface area contributed by atoms with E-state index in [2.05, 4.69) is 34.1 Å². The highest BCUT2D eigenvalue weighted by atomic mass is 32.1. The lowest BCUT2D eigenvalue weighted by Gasteiger charge is -2.36. The molecule has 2 N–H and O–H groups in total. The van der Waals surface area contributed by atoms with Gasteiger partial charge in [-0.2, -0.15) is 0 Å². The molecule has 0 amide bonds. The molecule has 1 saturated heterocycles. The third-order valence-electron chi connectivity index (χ3n) is 4.00. The number of aromatic nitrogens is 1. The first-order chi connectivity index (χ1) is 9.10. The number of thiazole rings is 1. The Bertz CT molecular complexity index is 383. The second kappa shape index (κ2) is 6.79. The number of rotatable bonds is 5.